The second-order valence-electron chi connectivity index (χ2n) is 7.91. The number of hydrogen-bond acceptors (Lipinski definition) is 4. The van der Waals surface area contributed by atoms with Gasteiger partial charge in [-0.1, -0.05) is 72.1 Å². The molecule has 0 amide bonds. The minimum absolute atomic E-state index is 0.535. The molecule has 0 N–H and O–H groups in total. The van der Waals surface area contributed by atoms with Gasteiger partial charge in [-0.05, 0) is 36.6 Å². The first kappa shape index (κ1) is 23.2. The maximum absolute atomic E-state index is 5.87. The van der Waals surface area contributed by atoms with Gasteiger partial charge in [0.15, 0.2) is 11.6 Å². The number of unbranched alkanes of at least 4 members (excludes halogenated alkanes) is 7. The van der Waals surface area contributed by atoms with Crippen LogP contribution in [0.15, 0.2) is 36.7 Å². The maximum atomic E-state index is 5.87. The molecule has 0 saturated carbocycles. The van der Waals surface area contributed by atoms with Crippen LogP contribution < -0.4 is 9.47 Å². The van der Waals surface area contributed by atoms with Crippen LogP contribution in [-0.4, -0.2) is 23.2 Å². The van der Waals surface area contributed by atoms with E-state index in [9.17, 15) is 0 Å². The first-order valence-corrected chi connectivity index (χ1v) is 11.4. The summed E-state index contributed by atoms with van der Waals surface area (Å²) < 4.78 is 11.6. The Morgan fingerprint density at radius 1 is 0.759 bits per heavy atom. The molecule has 0 saturated heterocycles. The molecule has 0 aliphatic heterocycles. The van der Waals surface area contributed by atoms with Crippen molar-refractivity contribution in [2.75, 3.05) is 13.2 Å². The van der Waals surface area contributed by atoms with Crippen molar-refractivity contribution < 1.29 is 9.47 Å². The molecule has 29 heavy (non-hydrogen) atoms. The lowest BCUT2D eigenvalue weighted by Crippen LogP contribution is -2.07. The van der Waals surface area contributed by atoms with Gasteiger partial charge in [0.2, 0.25) is 0 Å². The molecule has 2 rings (SSSR count). The third-order valence-electron chi connectivity index (χ3n) is 5.24. The summed E-state index contributed by atoms with van der Waals surface area (Å²) in [6, 6.07) is 8.02. The molecule has 1 unspecified atom stereocenters. The molecule has 4 nitrogen and oxygen atoms in total. The first-order valence-electron chi connectivity index (χ1n) is 11.4. The largest absolute Gasteiger partial charge is 0.494 e. The third-order valence-corrected chi connectivity index (χ3v) is 5.24. The summed E-state index contributed by atoms with van der Waals surface area (Å²) in [7, 11) is 0. The van der Waals surface area contributed by atoms with E-state index >= 15 is 0 Å². The predicted octanol–water partition coefficient (Wildman–Crippen LogP) is 7.09. The molecule has 1 atom stereocenters. The van der Waals surface area contributed by atoms with Crippen molar-refractivity contribution in [1.29, 1.82) is 0 Å². The number of ether oxygens (including phenoxy) is 2. The monoisotopic (exact) mass is 398 g/mol. The fraction of sp³-hybridized carbons (Fsp3) is 0.600. The Kier molecular flexibility index (Phi) is 11.2. The van der Waals surface area contributed by atoms with Crippen molar-refractivity contribution in [1.82, 2.24) is 9.97 Å². The number of hydrogen-bond donors (Lipinski definition) is 0. The molecule has 1 aromatic heterocycles. The summed E-state index contributed by atoms with van der Waals surface area (Å²) in [6.07, 6.45) is 15.1. The number of rotatable bonds is 15. The summed E-state index contributed by atoms with van der Waals surface area (Å²) in [5.74, 6) is 2.87. The van der Waals surface area contributed by atoms with Crippen molar-refractivity contribution in [2.45, 2.75) is 78.6 Å². The lowest BCUT2D eigenvalue weighted by atomic mass is 10.1. The summed E-state index contributed by atoms with van der Waals surface area (Å²) >= 11 is 0. The molecule has 0 radical (unpaired) electrons. The van der Waals surface area contributed by atoms with Crippen molar-refractivity contribution in [3.05, 3.63) is 36.7 Å². The van der Waals surface area contributed by atoms with Crippen LogP contribution in [0.4, 0.5) is 0 Å². The van der Waals surface area contributed by atoms with Gasteiger partial charge >= 0.3 is 0 Å². The van der Waals surface area contributed by atoms with E-state index in [1.807, 2.05) is 24.3 Å². The molecule has 0 bridgehead atoms. The Hall–Kier alpha value is -2.10. The Morgan fingerprint density at radius 3 is 2.00 bits per heavy atom. The van der Waals surface area contributed by atoms with E-state index in [0.29, 0.717) is 18.3 Å². The highest BCUT2D eigenvalue weighted by molar-refractivity contribution is 5.56. The third kappa shape index (κ3) is 9.29. The van der Waals surface area contributed by atoms with E-state index in [2.05, 4.69) is 30.7 Å². The van der Waals surface area contributed by atoms with Gasteiger partial charge in [-0.15, -0.1) is 0 Å². The second-order valence-corrected chi connectivity index (χ2v) is 7.91. The van der Waals surface area contributed by atoms with E-state index in [4.69, 9.17) is 9.47 Å². The SMILES string of the molecule is CCCCCCCCCCOc1ccc(-c2ncc(OCC(C)CC)cn2)cc1. The first-order chi connectivity index (χ1) is 14.2. The van der Waals surface area contributed by atoms with Crippen molar-refractivity contribution in [3.63, 3.8) is 0 Å². The Bertz CT molecular complexity index is 656. The number of nitrogens with zero attached hydrogens (tertiary/aromatic N) is 2. The molecule has 4 heteroatoms. The zero-order valence-electron chi connectivity index (χ0n) is 18.5. The van der Waals surface area contributed by atoms with E-state index in [0.717, 1.165) is 36.5 Å². The van der Waals surface area contributed by atoms with Gasteiger partial charge in [-0.2, -0.15) is 0 Å². The van der Waals surface area contributed by atoms with E-state index in [1.54, 1.807) is 12.4 Å². The van der Waals surface area contributed by atoms with E-state index in [1.165, 1.54) is 44.9 Å². The van der Waals surface area contributed by atoms with Gasteiger partial charge in [-0.3, -0.25) is 0 Å². The number of benzene rings is 1. The van der Waals surface area contributed by atoms with Gasteiger partial charge in [0.25, 0.3) is 0 Å². The van der Waals surface area contributed by atoms with E-state index in [-0.39, 0.29) is 0 Å². The lowest BCUT2D eigenvalue weighted by molar-refractivity contribution is 0.255. The van der Waals surface area contributed by atoms with Crippen molar-refractivity contribution in [3.8, 4) is 22.9 Å². The number of aromatic nitrogens is 2. The predicted molar refractivity (Wildman–Crippen MR) is 121 cm³/mol. The molecule has 160 valence electrons. The zero-order valence-corrected chi connectivity index (χ0v) is 18.5. The Labute approximate surface area is 177 Å². The van der Waals surface area contributed by atoms with Gasteiger partial charge in [0.05, 0.1) is 25.6 Å². The molecule has 0 fully saturated rings. The van der Waals surface area contributed by atoms with Crippen LogP contribution in [0.25, 0.3) is 11.4 Å². The van der Waals surface area contributed by atoms with Crippen LogP contribution in [0.5, 0.6) is 11.5 Å². The highest BCUT2D eigenvalue weighted by atomic mass is 16.5. The van der Waals surface area contributed by atoms with Gasteiger partial charge < -0.3 is 9.47 Å². The standard InChI is InChI=1S/C25H38N2O2/c1-4-6-7-8-9-10-11-12-17-28-23-15-13-22(14-16-23)25-26-18-24(19-27-25)29-20-21(3)5-2/h13-16,18-19,21H,4-12,17,20H2,1-3H3. The molecule has 1 aromatic carbocycles. The summed E-state index contributed by atoms with van der Waals surface area (Å²) in [6.45, 7) is 8.08. The van der Waals surface area contributed by atoms with Gasteiger partial charge in [0, 0.05) is 5.56 Å². The lowest BCUT2D eigenvalue weighted by Gasteiger charge is -2.10. The average molecular weight is 399 g/mol. The summed E-state index contributed by atoms with van der Waals surface area (Å²) in [5.41, 5.74) is 0.984. The second kappa shape index (κ2) is 14.0. The fourth-order valence-corrected chi connectivity index (χ4v) is 3.02. The summed E-state index contributed by atoms with van der Waals surface area (Å²) in [4.78, 5) is 8.86. The maximum Gasteiger partial charge on any atom is 0.159 e. The van der Waals surface area contributed by atoms with Crippen LogP contribution in [0.3, 0.4) is 0 Å². The Balaban J connectivity index is 1.67. The normalized spacial score (nSPS) is 12.0. The minimum atomic E-state index is 0.535. The van der Waals surface area contributed by atoms with Crippen molar-refractivity contribution >= 4 is 0 Å². The molecule has 0 spiro atoms. The van der Waals surface area contributed by atoms with Crippen LogP contribution in [0.2, 0.25) is 0 Å². The molecular formula is C25H38N2O2. The van der Waals surface area contributed by atoms with Crippen LogP contribution in [0.1, 0.15) is 78.6 Å². The summed E-state index contributed by atoms with van der Waals surface area (Å²) in [5, 5.41) is 0. The highest BCUT2D eigenvalue weighted by Gasteiger charge is 2.05. The topological polar surface area (TPSA) is 44.2 Å². The van der Waals surface area contributed by atoms with Crippen LogP contribution >= 0.6 is 0 Å². The van der Waals surface area contributed by atoms with Crippen LogP contribution in [0, 0.1) is 5.92 Å². The zero-order chi connectivity index (χ0) is 20.7. The van der Waals surface area contributed by atoms with Gasteiger partial charge in [-0.25, -0.2) is 9.97 Å². The minimum Gasteiger partial charge on any atom is -0.494 e. The Morgan fingerprint density at radius 2 is 1.38 bits per heavy atom. The van der Waals surface area contributed by atoms with Crippen LogP contribution in [-0.2, 0) is 0 Å². The molecule has 0 aliphatic rings. The quantitative estimate of drug-likeness (QED) is 0.300. The average Bonchev–Trinajstić information content (AvgIpc) is 2.77. The fourth-order valence-electron chi connectivity index (χ4n) is 3.02. The van der Waals surface area contributed by atoms with Gasteiger partial charge in [0.1, 0.15) is 5.75 Å². The highest BCUT2D eigenvalue weighted by Crippen LogP contribution is 2.21. The smallest absolute Gasteiger partial charge is 0.159 e. The van der Waals surface area contributed by atoms with E-state index < -0.39 is 0 Å². The molecule has 2 aromatic rings. The molecule has 1 heterocycles. The molecular weight excluding hydrogens is 360 g/mol. The molecule has 0 aliphatic carbocycles. The van der Waals surface area contributed by atoms with Crippen molar-refractivity contribution in [2.24, 2.45) is 5.92 Å².